The van der Waals surface area contributed by atoms with Crippen molar-refractivity contribution < 1.29 is 9.53 Å². The van der Waals surface area contributed by atoms with Gasteiger partial charge in [-0.05, 0) is 12.8 Å². The number of carbonyl (C=O) groups is 1. The zero-order valence-corrected chi connectivity index (χ0v) is 11.7. The Balaban J connectivity index is 1.76. The van der Waals surface area contributed by atoms with Crippen LogP contribution in [0.2, 0.25) is 5.02 Å². The van der Waals surface area contributed by atoms with Crippen LogP contribution in [0.15, 0.2) is 18.5 Å². The van der Waals surface area contributed by atoms with Gasteiger partial charge in [0, 0.05) is 18.7 Å². The average Bonchev–Trinajstić information content (AvgIpc) is 2.66. The highest BCUT2D eigenvalue weighted by atomic mass is 35.5. The second-order valence-electron chi connectivity index (χ2n) is 5.64. The van der Waals surface area contributed by atoms with Crippen LogP contribution >= 0.6 is 11.6 Å². The second-order valence-corrected chi connectivity index (χ2v) is 6.08. The summed E-state index contributed by atoms with van der Waals surface area (Å²) in [5.74, 6) is 1.06. The number of carbonyl (C=O) groups excluding carboxylic acids is 1. The molecular weight excluding hydrogens is 262 g/mol. The number of ether oxygens (including phenoxy) is 1. The van der Waals surface area contributed by atoms with E-state index in [4.69, 9.17) is 16.3 Å². The maximum atomic E-state index is 12.1. The highest BCUT2D eigenvalue weighted by Crippen LogP contribution is 2.49. The quantitative estimate of drug-likeness (QED) is 0.827. The predicted octanol–water partition coefficient (Wildman–Crippen LogP) is 3.80. The van der Waals surface area contributed by atoms with E-state index in [1.807, 2.05) is 0 Å². The number of hydrogen-bond acceptors (Lipinski definition) is 3. The van der Waals surface area contributed by atoms with Crippen molar-refractivity contribution in [2.45, 2.75) is 51.0 Å². The smallest absolute Gasteiger partial charge is 0.146 e. The minimum atomic E-state index is -0.223. The monoisotopic (exact) mass is 279 g/mol. The van der Waals surface area contributed by atoms with E-state index in [0.29, 0.717) is 23.0 Å². The molecule has 1 spiro atoms. The molecule has 0 saturated heterocycles. The largest absolute Gasteiger partial charge is 0.487 e. The lowest BCUT2D eigenvalue weighted by Crippen LogP contribution is -2.56. The van der Waals surface area contributed by atoms with E-state index < -0.39 is 0 Å². The lowest BCUT2D eigenvalue weighted by atomic mass is 9.60. The van der Waals surface area contributed by atoms with Gasteiger partial charge in [0.05, 0.1) is 16.6 Å². The molecule has 2 saturated carbocycles. The van der Waals surface area contributed by atoms with Crippen LogP contribution in [0.1, 0.15) is 44.9 Å². The summed E-state index contributed by atoms with van der Waals surface area (Å²) >= 11 is 5.91. The summed E-state index contributed by atoms with van der Waals surface area (Å²) in [6, 6.07) is 1.77. The highest BCUT2D eigenvalue weighted by molar-refractivity contribution is 6.30. The van der Waals surface area contributed by atoms with E-state index in [9.17, 15) is 4.79 Å². The molecule has 102 valence electrons. The molecular formula is C15H18ClNO2. The van der Waals surface area contributed by atoms with Gasteiger partial charge in [-0.25, -0.2) is 0 Å². The molecule has 19 heavy (non-hydrogen) atoms. The number of halogens is 1. The van der Waals surface area contributed by atoms with E-state index in [2.05, 4.69) is 4.98 Å². The van der Waals surface area contributed by atoms with Gasteiger partial charge in [-0.15, -0.1) is 0 Å². The molecule has 1 atom stereocenters. The molecule has 0 amide bonds. The van der Waals surface area contributed by atoms with Crippen molar-refractivity contribution in [2.24, 2.45) is 5.41 Å². The fraction of sp³-hybridized carbons (Fsp3) is 0.600. The standard InChI is InChI=1S/C15H18ClNO2/c16-11-7-12(10-17-9-11)19-14-8-13(18)15(14)5-3-1-2-4-6-15/h7,9-10,14H,1-6,8H2. The van der Waals surface area contributed by atoms with Crippen molar-refractivity contribution in [3.05, 3.63) is 23.5 Å². The van der Waals surface area contributed by atoms with Crippen LogP contribution in [-0.4, -0.2) is 16.9 Å². The molecule has 1 unspecified atom stereocenters. The summed E-state index contributed by atoms with van der Waals surface area (Å²) in [4.78, 5) is 16.1. The van der Waals surface area contributed by atoms with Crippen molar-refractivity contribution >= 4 is 17.4 Å². The van der Waals surface area contributed by atoms with Crippen molar-refractivity contribution in [2.75, 3.05) is 0 Å². The summed E-state index contributed by atoms with van der Waals surface area (Å²) in [6.45, 7) is 0. The third kappa shape index (κ3) is 2.36. The first-order valence-electron chi connectivity index (χ1n) is 7.01. The number of Topliss-reactive ketones (excluding diaryl/α,β-unsaturated/α-hetero) is 1. The Hall–Kier alpha value is -1.09. The van der Waals surface area contributed by atoms with E-state index in [0.717, 1.165) is 25.7 Å². The molecule has 1 aromatic rings. The van der Waals surface area contributed by atoms with E-state index in [-0.39, 0.29) is 11.5 Å². The van der Waals surface area contributed by atoms with Gasteiger partial charge in [0.25, 0.3) is 0 Å². The molecule has 0 N–H and O–H groups in total. The number of hydrogen-bond donors (Lipinski definition) is 0. The van der Waals surface area contributed by atoms with Crippen LogP contribution in [-0.2, 0) is 4.79 Å². The van der Waals surface area contributed by atoms with Crippen LogP contribution in [0.5, 0.6) is 5.75 Å². The second kappa shape index (κ2) is 5.12. The maximum absolute atomic E-state index is 12.1. The predicted molar refractivity (Wildman–Crippen MR) is 73.4 cm³/mol. The number of nitrogens with zero attached hydrogens (tertiary/aromatic N) is 1. The zero-order chi connectivity index (χ0) is 13.3. The molecule has 1 aromatic heterocycles. The molecule has 3 rings (SSSR count). The molecule has 0 aliphatic heterocycles. The zero-order valence-electron chi connectivity index (χ0n) is 10.9. The topological polar surface area (TPSA) is 39.2 Å². The van der Waals surface area contributed by atoms with Crippen molar-refractivity contribution in [1.82, 2.24) is 4.98 Å². The van der Waals surface area contributed by atoms with Crippen LogP contribution in [0.4, 0.5) is 0 Å². The number of aromatic nitrogens is 1. The van der Waals surface area contributed by atoms with Crippen LogP contribution in [0.3, 0.4) is 0 Å². The van der Waals surface area contributed by atoms with Gasteiger partial charge < -0.3 is 4.74 Å². The Morgan fingerprint density at radius 1 is 1.21 bits per heavy atom. The summed E-state index contributed by atoms with van der Waals surface area (Å²) in [7, 11) is 0. The molecule has 3 nitrogen and oxygen atoms in total. The third-order valence-corrected chi connectivity index (χ3v) is 4.70. The lowest BCUT2D eigenvalue weighted by molar-refractivity contribution is -0.154. The van der Waals surface area contributed by atoms with E-state index in [1.54, 1.807) is 18.5 Å². The highest BCUT2D eigenvalue weighted by Gasteiger charge is 2.55. The Morgan fingerprint density at radius 2 is 1.95 bits per heavy atom. The van der Waals surface area contributed by atoms with Gasteiger partial charge in [-0.2, -0.15) is 0 Å². The number of rotatable bonds is 2. The summed E-state index contributed by atoms with van der Waals surface area (Å²) in [5.41, 5.74) is -0.223. The van der Waals surface area contributed by atoms with Gasteiger partial charge in [0.2, 0.25) is 0 Å². The van der Waals surface area contributed by atoms with Crippen LogP contribution in [0, 0.1) is 5.41 Å². The first-order chi connectivity index (χ1) is 9.21. The fourth-order valence-corrected chi connectivity index (χ4v) is 3.52. The summed E-state index contributed by atoms with van der Waals surface area (Å²) in [6.07, 6.45) is 10.5. The number of pyridine rings is 1. The molecule has 2 aliphatic rings. The molecule has 0 bridgehead atoms. The van der Waals surface area contributed by atoms with Crippen LogP contribution in [0.25, 0.3) is 0 Å². The first-order valence-corrected chi connectivity index (χ1v) is 7.39. The Kier molecular flexibility index (Phi) is 3.48. The van der Waals surface area contributed by atoms with Gasteiger partial charge >= 0.3 is 0 Å². The van der Waals surface area contributed by atoms with E-state index in [1.165, 1.54) is 12.8 Å². The lowest BCUT2D eigenvalue weighted by Gasteiger charge is -2.47. The molecule has 0 radical (unpaired) electrons. The third-order valence-electron chi connectivity index (χ3n) is 4.50. The Morgan fingerprint density at radius 3 is 2.58 bits per heavy atom. The minimum absolute atomic E-state index is 0.0124. The van der Waals surface area contributed by atoms with Gasteiger partial charge in [0.1, 0.15) is 17.6 Å². The fourth-order valence-electron chi connectivity index (χ4n) is 3.35. The van der Waals surface area contributed by atoms with Crippen molar-refractivity contribution in [3.63, 3.8) is 0 Å². The summed E-state index contributed by atoms with van der Waals surface area (Å²) < 4.78 is 5.98. The molecule has 2 fully saturated rings. The molecule has 2 aliphatic carbocycles. The average molecular weight is 280 g/mol. The van der Waals surface area contributed by atoms with Gasteiger partial charge in [0.15, 0.2) is 0 Å². The maximum Gasteiger partial charge on any atom is 0.146 e. The summed E-state index contributed by atoms with van der Waals surface area (Å²) in [5, 5.41) is 0.568. The number of ketones is 1. The van der Waals surface area contributed by atoms with Crippen molar-refractivity contribution in [3.8, 4) is 5.75 Å². The van der Waals surface area contributed by atoms with Crippen molar-refractivity contribution in [1.29, 1.82) is 0 Å². The molecule has 4 heteroatoms. The SMILES string of the molecule is O=C1CC(Oc2cncc(Cl)c2)C12CCCCCC2. The first kappa shape index (κ1) is 12.9. The Labute approximate surface area is 118 Å². The van der Waals surface area contributed by atoms with Gasteiger partial charge in [-0.1, -0.05) is 37.3 Å². The Bertz CT molecular complexity index is 481. The minimum Gasteiger partial charge on any atom is -0.487 e. The van der Waals surface area contributed by atoms with Gasteiger partial charge in [-0.3, -0.25) is 9.78 Å². The van der Waals surface area contributed by atoms with Crippen LogP contribution < -0.4 is 4.74 Å². The normalized spacial score (nSPS) is 25.7. The molecule has 0 aromatic carbocycles. The van der Waals surface area contributed by atoms with E-state index >= 15 is 0 Å². The molecule has 1 heterocycles.